The lowest BCUT2D eigenvalue weighted by Gasteiger charge is -2.09. The summed E-state index contributed by atoms with van der Waals surface area (Å²) in [7, 11) is -2.04. The van der Waals surface area contributed by atoms with Gasteiger partial charge < -0.3 is 10.1 Å². The van der Waals surface area contributed by atoms with E-state index in [1.54, 1.807) is 18.3 Å². The molecule has 0 aliphatic heterocycles. The fraction of sp³-hybridized carbons (Fsp3) is 0.350. The highest BCUT2D eigenvalue weighted by molar-refractivity contribution is 7.89. The first-order valence-electron chi connectivity index (χ1n) is 9.75. The monoisotopic (exact) mass is 428 g/mol. The van der Waals surface area contributed by atoms with Gasteiger partial charge in [-0.25, -0.2) is 23.1 Å². The van der Waals surface area contributed by atoms with Crippen LogP contribution in [-0.2, 0) is 21.2 Å². The van der Waals surface area contributed by atoms with Gasteiger partial charge in [-0.05, 0) is 49.2 Å². The van der Waals surface area contributed by atoms with Crippen LogP contribution >= 0.6 is 0 Å². The zero-order chi connectivity index (χ0) is 21.0. The summed E-state index contributed by atoms with van der Waals surface area (Å²) in [4.78, 5) is 8.97. The van der Waals surface area contributed by atoms with Crippen molar-refractivity contribution in [2.75, 3.05) is 25.6 Å². The van der Waals surface area contributed by atoms with Gasteiger partial charge in [0.1, 0.15) is 0 Å². The molecule has 0 saturated heterocycles. The second-order valence-electron chi connectivity index (χ2n) is 7.18. The Kier molecular flexibility index (Phi) is 6.07. The number of rotatable bonds is 10. The van der Waals surface area contributed by atoms with E-state index < -0.39 is 10.0 Å². The zero-order valence-corrected chi connectivity index (χ0v) is 17.4. The Morgan fingerprint density at radius 2 is 2.00 bits per heavy atom. The maximum absolute atomic E-state index is 12.2. The molecule has 9 nitrogen and oxygen atoms in total. The average molecular weight is 429 g/mol. The Morgan fingerprint density at radius 1 is 1.20 bits per heavy atom. The summed E-state index contributed by atoms with van der Waals surface area (Å²) in [6, 6.07) is 10.4. The quantitative estimate of drug-likeness (QED) is 0.424. The lowest BCUT2D eigenvalue weighted by Crippen LogP contribution is -2.27. The van der Waals surface area contributed by atoms with E-state index in [9.17, 15) is 8.42 Å². The van der Waals surface area contributed by atoms with Crippen molar-refractivity contribution in [3.05, 3.63) is 59.7 Å². The molecule has 0 bridgehead atoms. The molecule has 1 aliphatic rings. The maximum atomic E-state index is 12.2. The van der Waals surface area contributed by atoms with Gasteiger partial charge in [-0.3, -0.25) is 5.10 Å². The number of nitrogens with one attached hydrogen (secondary N) is 3. The molecule has 1 aromatic carbocycles. The minimum absolute atomic E-state index is 0.185. The molecule has 0 spiro atoms. The molecule has 1 fully saturated rings. The van der Waals surface area contributed by atoms with Gasteiger partial charge in [-0.15, -0.1) is 0 Å². The molecule has 30 heavy (non-hydrogen) atoms. The first-order chi connectivity index (χ1) is 14.5. The molecule has 3 aromatic rings. The number of anilines is 2. The number of nitrogens with zero attached hydrogens (tertiary/aromatic N) is 3. The summed E-state index contributed by atoms with van der Waals surface area (Å²) in [5, 5.41) is 10.6. The van der Waals surface area contributed by atoms with Gasteiger partial charge in [0.05, 0.1) is 22.9 Å². The Hall–Kier alpha value is -2.82. The van der Waals surface area contributed by atoms with Crippen LogP contribution in [0.5, 0.6) is 0 Å². The van der Waals surface area contributed by atoms with Crippen molar-refractivity contribution < 1.29 is 13.2 Å². The summed E-state index contributed by atoms with van der Waals surface area (Å²) in [6.07, 6.45) is 4.77. The van der Waals surface area contributed by atoms with Crippen molar-refractivity contribution in [2.45, 2.75) is 30.1 Å². The molecule has 10 heteroatoms. The molecule has 0 unspecified atom stereocenters. The fourth-order valence-electron chi connectivity index (χ4n) is 3.02. The smallest absolute Gasteiger partial charge is 0.240 e. The Labute approximate surface area is 175 Å². The number of hydrogen-bond acceptors (Lipinski definition) is 7. The van der Waals surface area contributed by atoms with Gasteiger partial charge in [0.25, 0.3) is 0 Å². The van der Waals surface area contributed by atoms with E-state index in [0.29, 0.717) is 30.6 Å². The molecule has 158 valence electrons. The minimum Gasteiger partial charge on any atom is -0.383 e. The third kappa shape index (κ3) is 5.21. The molecule has 3 N–H and O–H groups in total. The van der Waals surface area contributed by atoms with E-state index in [4.69, 9.17) is 4.74 Å². The summed E-state index contributed by atoms with van der Waals surface area (Å²) < 4.78 is 31.8. The number of hydrogen-bond donors (Lipinski definition) is 3. The van der Waals surface area contributed by atoms with E-state index in [0.717, 1.165) is 17.1 Å². The maximum Gasteiger partial charge on any atom is 0.240 e. The van der Waals surface area contributed by atoms with Crippen LogP contribution in [0.15, 0.2) is 47.5 Å². The van der Waals surface area contributed by atoms with E-state index >= 15 is 0 Å². The Morgan fingerprint density at radius 3 is 2.73 bits per heavy atom. The van der Waals surface area contributed by atoms with Crippen molar-refractivity contribution in [1.82, 2.24) is 24.9 Å². The first kappa shape index (κ1) is 20.5. The standard InChI is InChI=1S/C20H24N6O3S/c1-29-11-10-22-30(27,28)18-6-4-15(5-7-18)23-20-21-9-8-16(24-20)12-17-13-19(26-25-17)14-2-3-14/h4-9,13-14,22H,2-3,10-12H2,1H3,(H,25,26)(H,21,23,24). The molecule has 4 rings (SSSR count). The summed E-state index contributed by atoms with van der Waals surface area (Å²) >= 11 is 0. The molecule has 1 aliphatic carbocycles. The van der Waals surface area contributed by atoms with E-state index in [1.165, 1.54) is 32.1 Å². The number of sulfonamides is 1. The predicted molar refractivity (Wildman–Crippen MR) is 112 cm³/mol. The number of ether oxygens (including phenoxy) is 1. The minimum atomic E-state index is -3.56. The first-order valence-corrected chi connectivity index (χ1v) is 11.2. The third-order valence-electron chi connectivity index (χ3n) is 4.75. The van der Waals surface area contributed by atoms with Crippen molar-refractivity contribution in [3.63, 3.8) is 0 Å². The van der Waals surface area contributed by atoms with E-state index in [2.05, 4.69) is 36.3 Å². The largest absolute Gasteiger partial charge is 0.383 e. The topological polar surface area (TPSA) is 122 Å². The van der Waals surface area contributed by atoms with Crippen molar-refractivity contribution >= 4 is 21.7 Å². The number of benzene rings is 1. The lowest BCUT2D eigenvalue weighted by molar-refractivity contribution is 0.204. The van der Waals surface area contributed by atoms with Gasteiger partial charge in [-0.2, -0.15) is 5.10 Å². The fourth-order valence-corrected chi connectivity index (χ4v) is 4.03. The number of H-pyrrole nitrogens is 1. The molecule has 0 amide bonds. The number of aromatic amines is 1. The van der Waals surface area contributed by atoms with Crippen molar-refractivity contribution in [2.24, 2.45) is 0 Å². The van der Waals surface area contributed by atoms with E-state index in [1.807, 2.05) is 6.07 Å². The Balaban J connectivity index is 1.39. The summed E-state index contributed by atoms with van der Waals surface area (Å²) in [5.74, 6) is 1.06. The molecule has 1 saturated carbocycles. The average Bonchev–Trinajstić information content (AvgIpc) is 3.48. The van der Waals surface area contributed by atoms with Crippen LogP contribution in [0.2, 0.25) is 0 Å². The van der Waals surface area contributed by atoms with E-state index in [-0.39, 0.29) is 11.4 Å². The number of methoxy groups -OCH3 is 1. The van der Waals surface area contributed by atoms with Crippen LogP contribution in [0.4, 0.5) is 11.6 Å². The van der Waals surface area contributed by atoms with Gasteiger partial charge >= 0.3 is 0 Å². The molecule has 0 atom stereocenters. The molecule has 2 heterocycles. The van der Waals surface area contributed by atoms with Gasteiger partial charge in [-0.1, -0.05) is 0 Å². The second kappa shape index (κ2) is 8.90. The highest BCUT2D eigenvalue weighted by Crippen LogP contribution is 2.39. The molecule has 2 aromatic heterocycles. The van der Waals surface area contributed by atoms with Crippen LogP contribution in [0.3, 0.4) is 0 Å². The van der Waals surface area contributed by atoms with Gasteiger partial charge in [0.2, 0.25) is 16.0 Å². The van der Waals surface area contributed by atoms with Crippen LogP contribution in [0, 0.1) is 0 Å². The number of aromatic nitrogens is 4. The molecular formula is C20H24N6O3S. The van der Waals surface area contributed by atoms with Crippen molar-refractivity contribution in [1.29, 1.82) is 0 Å². The SMILES string of the molecule is COCCNS(=O)(=O)c1ccc(Nc2nccc(Cc3cc(C4CC4)n[nH]3)n2)cc1. The second-order valence-corrected chi connectivity index (χ2v) is 8.95. The molecule has 0 radical (unpaired) electrons. The lowest BCUT2D eigenvalue weighted by atomic mass is 10.2. The summed E-state index contributed by atoms with van der Waals surface area (Å²) in [6.45, 7) is 0.533. The Bertz CT molecular complexity index is 1090. The van der Waals surface area contributed by atoms with Crippen LogP contribution in [-0.4, -0.2) is 48.8 Å². The summed E-state index contributed by atoms with van der Waals surface area (Å²) in [5.41, 5.74) is 3.71. The van der Waals surface area contributed by atoms with Crippen LogP contribution in [0.1, 0.15) is 35.8 Å². The van der Waals surface area contributed by atoms with Gasteiger partial charge in [0.15, 0.2) is 0 Å². The van der Waals surface area contributed by atoms with Crippen molar-refractivity contribution in [3.8, 4) is 0 Å². The zero-order valence-electron chi connectivity index (χ0n) is 16.6. The third-order valence-corrected chi connectivity index (χ3v) is 6.23. The highest BCUT2D eigenvalue weighted by atomic mass is 32.2. The molecular weight excluding hydrogens is 404 g/mol. The van der Waals surface area contributed by atoms with Crippen LogP contribution < -0.4 is 10.0 Å². The predicted octanol–water partition coefficient (Wildman–Crippen LogP) is 2.34. The normalized spacial score (nSPS) is 14.0. The van der Waals surface area contributed by atoms with Gasteiger partial charge in [0, 0.05) is 43.6 Å². The van der Waals surface area contributed by atoms with Crippen LogP contribution in [0.25, 0.3) is 0 Å². The highest BCUT2D eigenvalue weighted by Gasteiger charge is 2.26.